The van der Waals surface area contributed by atoms with Crippen molar-refractivity contribution >= 4 is 5.82 Å². The highest BCUT2D eigenvalue weighted by Crippen LogP contribution is 2.32. The number of nitrogens with two attached hydrogens (primary N) is 1. The summed E-state index contributed by atoms with van der Waals surface area (Å²) >= 11 is 0. The van der Waals surface area contributed by atoms with Gasteiger partial charge in [-0.05, 0) is 32.9 Å². The molecule has 4 nitrogen and oxygen atoms in total. The SMILES string of the molecule is CC(C)(C)n1cnc(-c2cccc(OC(F)(F)F)c2)c1N. The highest BCUT2D eigenvalue weighted by atomic mass is 19.4. The molecule has 0 atom stereocenters. The molecule has 2 rings (SSSR count). The minimum Gasteiger partial charge on any atom is -0.406 e. The lowest BCUT2D eigenvalue weighted by molar-refractivity contribution is -0.274. The van der Waals surface area contributed by atoms with Crippen molar-refractivity contribution < 1.29 is 17.9 Å². The third-order valence-electron chi connectivity index (χ3n) is 2.87. The van der Waals surface area contributed by atoms with Crippen LogP contribution in [0.2, 0.25) is 0 Å². The van der Waals surface area contributed by atoms with E-state index in [4.69, 9.17) is 5.73 Å². The molecule has 0 bridgehead atoms. The van der Waals surface area contributed by atoms with E-state index in [1.807, 2.05) is 20.8 Å². The molecule has 0 spiro atoms. The van der Waals surface area contributed by atoms with Gasteiger partial charge >= 0.3 is 6.36 Å². The molecule has 21 heavy (non-hydrogen) atoms. The van der Waals surface area contributed by atoms with Crippen LogP contribution in [0, 0.1) is 0 Å². The molecule has 0 unspecified atom stereocenters. The smallest absolute Gasteiger partial charge is 0.406 e. The van der Waals surface area contributed by atoms with Crippen LogP contribution in [-0.4, -0.2) is 15.9 Å². The molecule has 0 saturated carbocycles. The first kappa shape index (κ1) is 15.2. The molecule has 7 heteroatoms. The van der Waals surface area contributed by atoms with E-state index in [9.17, 15) is 13.2 Å². The van der Waals surface area contributed by atoms with E-state index in [1.165, 1.54) is 18.2 Å². The van der Waals surface area contributed by atoms with E-state index in [-0.39, 0.29) is 11.3 Å². The number of anilines is 1. The Morgan fingerprint density at radius 2 is 1.86 bits per heavy atom. The second-order valence-corrected chi connectivity index (χ2v) is 5.59. The number of ether oxygens (including phenoxy) is 1. The first-order valence-electron chi connectivity index (χ1n) is 6.27. The van der Waals surface area contributed by atoms with Crippen LogP contribution < -0.4 is 10.5 Å². The molecule has 1 aromatic heterocycles. The second kappa shape index (κ2) is 4.98. The Bertz CT molecular complexity index is 642. The van der Waals surface area contributed by atoms with Crippen LogP contribution >= 0.6 is 0 Å². The molecule has 0 saturated heterocycles. The Kier molecular flexibility index (Phi) is 3.61. The zero-order valence-electron chi connectivity index (χ0n) is 11.9. The Morgan fingerprint density at radius 3 is 2.38 bits per heavy atom. The predicted molar refractivity (Wildman–Crippen MR) is 73.8 cm³/mol. The van der Waals surface area contributed by atoms with E-state index in [0.717, 1.165) is 0 Å². The second-order valence-electron chi connectivity index (χ2n) is 5.59. The Morgan fingerprint density at radius 1 is 1.19 bits per heavy atom. The van der Waals surface area contributed by atoms with Gasteiger partial charge in [0.2, 0.25) is 0 Å². The Labute approximate surface area is 120 Å². The summed E-state index contributed by atoms with van der Waals surface area (Å²) in [5.41, 5.74) is 6.67. The number of nitrogen functional groups attached to an aromatic ring is 1. The molecule has 0 aliphatic rings. The Hall–Kier alpha value is -2.18. The highest BCUT2D eigenvalue weighted by Gasteiger charge is 2.31. The van der Waals surface area contributed by atoms with Crippen LogP contribution in [0.25, 0.3) is 11.3 Å². The molecular formula is C14H16F3N3O. The molecule has 2 aromatic rings. The topological polar surface area (TPSA) is 53.1 Å². The van der Waals surface area contributed by atoms with Crippen LogP contribution in [0.15, 0.2) is 30.6 Å². The monoisotopic (exact) mass is 299 g/mol. The molecule has 0 amide bonds. The number of imidazole rings is 1. The standard InChI is InChI=1S/C14H16F3N3O/c1-13(2,3)20-8-19-11(12(20)18)9-5-4-6-10(7-9)21-14(15,16)17/h4-8H,18H2,1-3H3. The summed E-state index contributed by atoms with van der Waals surface area (Å²) < 4.78 is 42.4. The molecular weight excluding hydrogens is 283 g/mol. The third kappa shape index (κ3) is 3.48. The number of nitrogens with zero attached hydrogens (tertiary/aromatic N) is 2. The number of hydrogen-bond donors (Lipinski definition) is 1. The van der Waals surface area contributed by atoms with Crippen molar-refractivity contribution in [1.82, 2.24) is 9.55 Å². The zero-order chi connectivity index (χ0) is 15.8. The van der Waals surface area contributed by atoms with Crippen LogP contribution in [0.1, 0.15) is 20.8 Å². The van der Waals surface area contributed by atoms with Gasteiger partial charge in [-0.1, -0.05) is 12.1 Å². The molecule has 1 heterocycles. The number of rotatable bonds is 2. The van der Waals surface area contributed by atoms with Crippen molar-refractivity contribution in [1.29, 1.82) is 0 Å². The van der Waals surface area contributed by atoms with Gasteiger partial charge in [-0.25, -0.2) is 4.98 Å². The average molecular weight is 299 g/mol. The van der Waals surface area contributed by atoms with Crippen molar-refractivity contribution in [2.75, 3.05) is 5.73 Å². The van der Waals surface area contributed by atoms with Crippen molar-refractivity contribution in [3.63, 3.8) is 0 Å². The molecule has 0 aliphatic carbocycles. The summed E-state index contributed by atoms with van der Waals surface area (Å²) in [5.74, 6) is 0.0939. The average Bonchev–Trinajstić information content (AvgIpc) is 2.68. The lowest BCUT2D eigenvalue weighted by Crippen LogP contribution is -2.22. The van der Waals surface area contributed by atoms with E-state index in [2.05, 4.69) is 9.72 Å². The maximum absolute atomic E-state index is 12.2. The fraction of sp³-hybridized carbons (Fsp3) is 0.357. The van der Waals surface area contributed by atoms with E-state index >= 15 is 0 Å². The molecule has 0 aliphatic heterocycles. The molecule has 114 valence electrons. The first-order valence-corrected chi connectivity index (χ1v) is 6.27. The molecule has 2 N–H and O–H groups in total. The summed E-state index contributed by atoms with van der Waals surface area (Å²) in [7, 11) is 0. The van der Waals surface area contributed by atoms with Crippen molar-refractivity contribution in [2.45, 2.75) is 32.7 Å². The van der Waals surface area contributed by atoms with Gasteiger partial charge < -0.3 is 15.0 Å². The van der Waals surface area contributed by atoms with Crippen LogP contribution in [-0.2, 0) is 5.54 Å². The van der Waals surface area contributed by atoms with Gasteiger partial charge in [0, 0.05) is 11.1 Å². The fourth-order valence-corrected chi connectivity index (χ4v) is 1.96. The van der Waals surface area contributed by atoms with Crippen molar-refractivity contribution in [3.8, 4) is 17.0 Å². The van der Waals surface area contributed by atoms with Gasteiger partial charge in [0.1, 0.15) is 17.3 Å². The maximum Gasteiger partial charge on any atom is 0.573 e. The van der Waals surface area contributed by atoms with Crippen LogP contribution in [0.5, 0.6) is 5.75 Å². The quantitative estimate of drug-likeness (QED) is 0.918. The highest BCUT2D eigenvalue weighted by molar-refractivity contribution is 5.71. The van der Waals surface area contributed by atoms with Gasteiger partial charge in [0.25, 0.3) is 0 Å². The molecule has 0 radical (unpaired) electrons. The maximum atomic E-state index is 12.2. The molecule has 0 fully saturated rings. The number of halogens is 3. The van der Waals surface area contributed by atoms with Crippen molar-refractivity contribution in [3.05, 3.63) is 30.6 Å². The third-order valence-corrected chi connectivity index (χ3v) is 2.87. The zero-order valence-corrected chi connectivity index (χ0v) is 11.9. The summed E-state index contributed by atoms with van der Waals surface area (Å²) in [6.45, 7) is 5.87. The van der Waals surface area contributed by atoms with Gasteiger partial charge in [0.15, 0.2) is 0 Å². The number of hydrogen-bond acceptors (Lipinski definition) is 3. The van der Waals surface area contributed by atoms with Crippen molar-refractivity contribution in [2.24, 2.45) is 0 Å². The van der Waals surface area contributed by atoms with Gasteiger partial charge in [-0.2, -0.15) is 0 Å². The minimum atomic E-state index is -4.73. The summed E-state index contributed by atoms with van der Waals surface area (Å²) in [4.78, 5) is 4.19. The van der Waals surface area contributed by atoms with Gasteiger partial charge in [0.05, 0.1) is 6.33 Å². The lowest BCUT2D eigenvalue weighted by Gasteiger charge is -2.22. The molecule has 1 aromatic carbocycles. The number of aromatic nitrogens is 2. The first-order chi connectivity index (χ1) is 9.58. The van der Waals surface area contributed by atoms with Gasteiger partial charge in [-0.3, -0.25) is 0 Å². The normalized spacial score (nSPS) is 12.5. The van der Waals surface area contributed by atoms with Crippen LogP contribution in [0.3, 0.4) is 0 Å². The number of benzene rings is 1. The Balaban J connectivity index is 2.40. The van der Waals surface area contributed by atoms with Gasteiger partial charge in [-0.15, -0.1) is 13.2 Å². The van der Waals surface area contributed by atoms with E-state index < -0.39 is 6.36 Å². The fourth-order valence-electron chi connectivity index (χ4n) is 1.96. The minimum absolute atomic E-state index is 0.268. The van der Waals surface area contributed by atoms with E-state index in [0.29, 0.717) is 17.1 Å². The summed E-state index contributed by atoms with van der Waals surface area (Å²) in [6, 6.07) is 5.59. The number of alkyl halides is 3. The van der Waals surface area contributed by atoms with Crippen LogP contribution in [0.4, 0.5) is 19.0 Å². The van der Waals surface area contributed by atoms with E-state index in [1.54, 1.807) is 17.0 Å². The lowest BCUT2D eigenvalue weighted by atomic mass is 10.1. The summed E-state index contributed by atoms with van der Waals surface area (Å²) in [6.07, 6.45) is -3.16. The largest absolute Gasteiger partial charge is 0.573 e. The predicted octanol–water partition coefficient (Wildman–Crippen LogP) is 3.79. The summed E-state index contributed by atoms with van der Waals surface area (Å²) in [5, 5.41) is 0.